The number of benzene rings is 2. The molecule has 0 amide bonds. The monoisotopic (exact) mass is 378 g/mol. The van der Waals surface area contributed by atoms with Gasteiger partial charge in [0, 0.05) is 11.5 Å². The number of fused-ring (bicyclic) bond motifs is 1. The minimum absolute atomic E-state index is 0.0238. The molecule has 0 saturated carbocycles. The predicted octanol–water partition coefficient (Wildman–Crippen LogP) is 4.35. The van der Waals surface area contributed by atoms with Gasteiger partial charge in [0.05, 0.1) is 25.6 Å². The van der Waals surface area contributed by atoms with Crippen LogP contribution in [0.2, 0.25) is 0 Å². The largest absolute Gasteiger partial charge is 0.489 e. The van der Waals surface area contributed by atoms with E-state index in [0.717, 1.165) is 10.2 Å². The maximum Gasteiger partial charge on any atom is 0.390 e. The van der Waals surface area contributed by atoms with E-state index < -0.39 is 25.1 Å². The second kappa shape index (κ2) is 7.69. The van der Waals surface area contributed by atoms with Crippen LogP contribution in [-0.4, -0.2) is 29.0 Å². The number of aryl methyl sites for hydroxylation is 1. The molecule has 0 saturated heterocycles. The molecular formula is C19H17F3N2O3. The van der Waals surface area contributed by atoms with Crippen LogP contribution >= 0.6 is 0 Å². The Morgan fingerprint density at radius 3 is 2.56 bits per heavy atom. The molecule has 0 aliphatic rings. The number of carbonyl (C=O) groups excluding carboxylic acids is 1. The third-order valence-corrected chi connectivity index (χ3v) is 3.96. The van der Waals surface area contributed by atoms with Crippen molar-refractivity contribution < 1.29 is 27.4 Å². The maximum absolute atomic E-state index is 12.6. The molecule has 0 aliphatic carbocycles. The lowest BCUT2D eigenvalue weighted by atomic mass is 10.2. The Balaban J connectivity index is 1.90. The standard InChI is InChI=1S/C19H17F3N2O3/c1-26-18(25)17-15-8-7-14(27-12-13-5-3-2-4-6-13)11-16(15)24(23-17)10-9-19(20,21)22/h2-8,11H,9-10,12H2,1H3. The predicted molar refractivity (Wildman–Crippen MR) is 92.5 cm³/mol. The Kier molecular flexibility index (Phi) is 5.34. The van der Waals surface area contributed by atoms with E-state index in [2.05, 4.69) is 9.84 Å². The Morgan fingerprint density at radius 2 is 1.89 bits per heavy atom. The molecule has 0 spiro atoms. The molecule has 1 aromatic heterocycles. The maximum atomic E-state index is 12.6. The normalized spacial score (nSPS) is 11.6. The van der Waals surface area contributed by atoms with Gasteiger partial charge < -0.3 is 9.47 Å². The molecule has 0 N–H and O–H groups in total. The quantitative estimate of drug-likeness (QED) is 0.599. The van der Waals surface area contributed by atoms with Gasteiger partial charge in [-0.2, -0.15) is 18.3 Å². The van der Waals surface area contributed by atoms with Crippen molar-refractivity contribution in [3.8, 4) is 5.75 Å². The first-order valence-electron chi connectivity index (χ1n) is 8.20. The lowest BCUT2D eigenvalue weighted by Gasteiger charge is -2.09. The van der Waals surface area contributed by atoms with E-state index in [0.29, 0.717) is 23.3 Å². The molecule has 1 heterocycles. The van der Waals surface area contributed by atoms with Gasteiger partial charge in [0.25, 0.3) is 0 Å². The van der Waals surface area contributed by atoms with Gasteiger partial charge in [-0.05, 0) is 17.7 Å². The summed E-state index contributed by atoms with van der Waals surface area (Å²) in [4.78, 5) is 11.9. The molecule has 5 nitrogen and oxygen atoms in total. The highest BCUT2D eigenvalue weighted by molar-refractivity contribution is 6.02. The van der Waals surface area contributed by atoms with Crippen LogP contribution in [0, 0.1) is 0 Å². The number of aromatic nitrogens is 2. The number of rotatable bonds is 6. The van der Waals surface area contributed by atoms with Crippen LogP contribution in [0.5, 0.6) is 5.75 Å². The van der Waals surface area contributed by atoms with Crippen LogP contribution in [0.25, 0.3) is 10.9 Å². The van der Waals surface area contributed by atoms with Gasteiger partial charge in [-0.15, -0.1) is 0 Å². The van der Waals surface area contributed by atoms with Crippen LogP contribution in [0.1, 0.15) is 22.5 Å². The highest BCUT2D eigenvalue weighted by Gasteiger charge is 2.28. The molecule has 8 heteroatoms. The van der Waals surface area contributed by atoms with Crippen LogP contribution in [0.4, 0.5) is 13.2 Å². The summed E-state index contributed by atoms with van der Waals surface area (Å²) in [6.07, 6.45) is -5.38. The van der Waals surface area contributed by atoms with Crippen LogP contribution in [0.15, 0.2) is 48.5 Å². The van der Waals surface area contributed by atoms with Gasteiger partial charge in [-0.3, -0.25) is 4.68 Å². The van der Waals surface area contributed by atoms with Crippen molar-refractivity contribution in [2.75, 3.05) is 7.11 Å². The van der Waals surface area contributed by atoms with Crippen LogP contribution in [0.3, 0.4) is 0 Å². The van der Waals surface area contributed by atoms with Gasteiger partial charge in [0.1, 0.15) is 12.4 Å². The minimum atomic E-state index is -4.33. The van der Waals surface area contributed by atoms with E-state index in [9.17, 15) is 18.0 Å². The van der Waals surface area contributed by atoms with Gasteiger partial charge >= 0.3 is 12.1 Å². The molecule has 3 aromatic rings. The van der Waals surface area contributed by atoms with Crippen molar-refractivity contribution in [3.63, 3.8) is 0 Å². The van der Waals surface area contributed by atoms with Gasteiger partial charge in [0.2, 0.25) is 0 Å². The number of esters is 1. The molecule has 0 atom stereocenters. The second-order valence-corrected chi connectivity index (χ2v) is 5.88. The Morgan fingerprint density at radius 1 is 1.15 bits per heavy atom. The van der Waals surface area contributed by atoms with E-state index in [1.807, 2.05) is 30.3 Å². The molecule has 3 rings (SSSR count). The molecule has 0 aliphatic heterocycles. The van der Waals surface area contributed by atoms with Crippen molar-refractivity contribution in [2.45, 2.75) is 25.7 Å². The average Bonchev–Trinajstić information content (AvgIpc) is 3.02. The molecular weight excluding hydrogens is 361 g/mol. The summed E-state index contributed by atoms with van der Waals surface area (Å²) >= 11 is 0. The summed E-state index contributed by atoms with van der Waals surface area (Å²) in [7, 11) is 1.19. The SMILES string of the molecule is COC(=O)c1nn(CCC(F)(F)F)c2cc(OCc3ccccc3)ccc12. The van der Waals surface area contributed by atoms with Crippen molar-refractivity contribution in [3.05, 3.63) is 59.8 Å². The molecule has 2 aromatic carbocycles. The van der Waals surface area contributed by atoms with E-state index in [4.69, 9.17) is 4.74 Å². The number of nitrogens with zero attached hydrogens (tertiary/aromatic N) is 2. The first-order valence-corrected chi connectivity index (χ1v) is 8.20. The number of methoxy groups -OCH3 is 1. The summed E-state index contributed by atoms with van der Waals surface area (Å²) in [5, 5.41) is 4.42. The third-order valence-electron chi connectivity index (χ3n) is 3.96. The van der Waals surface area contributed by atoms with E-state index >= 15 is 0 Å². The number of alkyl halides is 3. The zero-order chi connectivity index (χ0) is 19.4. The van der Waals surface area contributed by atoms with E-state index in [1.54, 1.807) is 18.2 Å². The lowest BCUT2D eigenvalue weighted by molar-refractivity contribution is -0.137. The van der Waals surface area contributed by atoms with Crippen molar-refractivity contribution in [2.24, 2.45) is 0 Å². The van der Waals surface area contributed by atoms with Crippen molar-refractivity contribution in [1.29, 1.82) is 0 Å². The molecule has 0 radical (unpaired) electrons. The molecule has 0 fully saturated rings. The molecule has 0 unspecified atom stereocenters. The average molecular weight is 378 g/mol. The second-order valence-electron chi connectivity index (χ2n) is 5.88. The fraction of sp³-hybridized carbons (Fsp3) is 0.263. The van der Waals surface area contributed by atoms with Crippen LogP contribution < -0.4 is 4.74 Å². The van der Waals surface area contributed by atoms with Gasteiger partial charge in [0.15, 0.2) is 5.69 Å². The fourth-order valence-corrected chi connectivity index (χ4v) is 2.63. The zero-order valence-electron chi connectivity index (χ0n) is 14.5. The highest BCUT2D eigenvalue weighted by atomic mass is 19.4. The summed E-state index contributed by atoms with van der Waals surface area (Å²) in [6.45, 7) is -0.0912. The zero-order valence-corrected chi connectivity index (χ0v) is 14.5. The number of ether oxygens (including phenoxy) is 2. The van der Waals surface area contributed by atoms with Gasteiger partial charge in [-0.25, -0.2) is 4.79 Å². The van der Waals surface area contributed by atoms with Crippen LogP contribution in [-0.2, 0) is 17.9 Å². The number of carbonyl (C=O) groups is 1. The molecule has 0 bridgehead atoms. The lowest BCUT2D eigenvalue weighted by Crippen LogP contribution is -2.13. The molecule has 142 valence electrons. The molecule has 27 heavy (non-hydrogen) atoms. The van der Waals surface area contributed by atoms with Gasteiger partial charge in [-0.1, -0.05) is 30.3 Å². The smallest absolute Gasteiger partial charge is 0.390 e. The number of hydrogen-bond donors (Lipinski definition) is 0. The minimum Gasteiger partial charge on any atom is -0.489 e. The summed E-state index contributed by atoms with van der Waals surface area (Å²) in [6, 6.07) is 14.3. The first-order chi connectivity index (χ1) is 12.9. The summed E-state index contributed by atoms with van der Waals surface area (Å²) in [5.74, 6) is -0.236. The van der Waals surface area contributed by atoms with Crippen molar-refractivity contribution in [1.82, 2.24) is 9.78 Å². The first kappa shape index (κ1) is 18.8. The highest BCUT2D eigenvalue weighted by Crippen LogP contribution is 2.27. The Bertz CT molecular complexity index is 937. The Labute approximate surface area is 153 Å². The Hall–Kier alpha value is -3.03. The summed E-state index contributed by atoms with van der Waals surface area (Å²) in [5.41, 5.74) is 1.31. The summed E-state index contributed by atoms with van der Waals surface area (Å²) < 4.78 is 49.4. The number of halogens is 3. The fourth-order valence-electron chi connectivity index (χ4n) is 2.63. The van der Waals surface area contributed by atoms with E-state index in [1.165, 1.54) is 7.11 Å². The third kappa shape index (κ3) is 4.58. The topological polar surface area (TPSA) is 53.3 Å². The van der Waals surface area contributed by atoms with E-state index in [-0.39, 0.29) is 5.69 Å². The van der Waals surface area contributed by atoms with Crippen molar-refractivity contribution >= 4 is 16.9 Å². The number of hydrogen-bond acceptors (Lipinski definition) is 4.